The first-order valence-electron chi connectivity index (χ1n) is 9.83. The zero-order valence-corrected chi connectivity index (χ0v) is 15.8. The fraction of sp³-hybridized carbons (Fsp3) is 0.778. The largest absolute Gasteiger partial charge is 0.330 e. The van der Waals surface area contributed by atoms with Gasteiger partial charge in [0.25, 0.3) is 5.91 Å². The number of aromatic nitrogens is 2. The Bertz CT molecular complexity index is 829. The van der Waals surface area contributed by atoms with Crippen LogP contribution in [0.25, 0.3) is 0 Å². The molecule has 7 nitrogen and oxygen atoms in total. The fourth-order valence-electron chi connectivity index (χ4n) is 4.93. The summed E-state index contributed by atoms with van der Waals surface area (Å²) in [6.45, 7) is 2.35. The molecule has 0 radical (unpaired) electrons. The van der Waals surface area contributed by atoms with Gasteiger partial charge in [0, 0.05) is 36.9 Å². The second-order valence-corrected chi connectivity index (χ2v) is 10.5. The number of fused-ring (bicyclic) bond motifs is 2. The number of H-pyrrole nitrogens is 1. The zero-order chi connectivity index (χ0) is 17.9. The molecule has 3 heterocycles. The number of hydrogen-bond acceptors (Lipinski definition) is 5. The van der Waals surface area contributed by atoms with E-state index in [9.17, 15) is 13.2 Å². The third-order valence-electron chi connectivity index (χ3n) is 6.50. The molecule has 0 bridgehead atoms. The predicted molar refractivity (Wildman–Crippen MR) is 96.8 cm³/mol. The molecule has 1 aromatic heterocycles. The molecule has 1 saturated carbocycles. The number of piperazine rings is 1. The summed E-state index contributed by atoms with van der Waals surface area (Å²) in [4.78, 5) is 17.4. The van der Waals surface area contributed by atoms with Crippen LogP contribution in [0.15, 0.2) is 0 Å². The first-order chi connectivity index (χ1) is 12.5. The van der Waals surface area contributed by atoms with E-state index in [-0.39, 0.29) is 29.5 Å². The monoisotopic (exact) mass is 378 g/mol. The number of carbonyl (C=O) groups is 1. The van der Waals surface area contributed by atoms with E-state index in [2.05, 4.69) is 15.1 Å². The standard InChI is InChI=1S/C18H26N4O3S/c23-18(17-13-3-1-2-4-14(13)19-20-17)22-8-7-21(9-12-5-6-12)15-10-26(24,25)11-16(15)22/h12,15-16H,1-11H2,(H,19,20)/t15-,16+/m1/s1. The van der Waals surface area contributed by atoms with Crippen LogP contribution in [-0.2, 0) is 22.7 Å². The van der Waals surface area contributed by atoms with Gasteiger partial charge < -0.3 is 4.90 Å². The third-order valence-corrected chi connectivity index (χ3v) is 8.20. The molecule has 2 atom stereocenters. The highest BCUT2D eigenvalue weighted by atomic mass is 32.2. The maximum atomic E-state index is 13.3. The van der Waals surface area contributed by atoms with E-state index < -0.39 is 9.84 Å². The molecule has 2 aliphatic carbocycles. The number of amides is 1. The van der Waals surface area contributed by atoms with Crippen molar-refractivity contribution in [1.29, 1.82) is 0 Å². The Morgan fingerprint density at radius 3 is 2.69 bits per heavy atom. The second-order valence-electron chi connectivity index (χ2n) is 8.38. The summed E-state index contributed by atoms with van der Waals surface area (Å²) in [6.07, 6.45) is 6.56. The van der Waals surface area contributed by atoms with Crippen molar-refractivity contribution >= 4 is 15.7 Å². The minimum atomic E-state index is -3.09. The van der Waals surface area contributed by atoms with Gasteiger partial charge in [-0.2, -0.15) is 5.10 Å². The van der Waals surface area contributed by atoms with E-state index >= 15 is 0 Å². The van der Waals surface area contributed by atoms with Crippen molar-refractivity contribution in [1.82, 2.24) is 20.0 Å². The average molecular weight is 378 g/mol. The average Bonchev–Trinajstić information content (AvgIpc) is 3.22. The van der Waals surface area contributed by atoms with Gasteiger partial charge in [-0.1, -0.05) is 0 Å². The molecular formula is C18H26N4O3S. The summed E-state index contributed by atoms with van der Waals surface area (Å²) in [7, 11) is -3.09. The van der Waals surface area contributed by atoms with E-state index in [0.29, 0.717) is 12.2 Å². The molecule has 0 unspecified atom stereocenters. The van der Waals surface area contributed by atoms with Crippen LogP contribution >= 0.6 is 0 Å². The van der Waals surface area contributed by atoms with E-state index in [4.69, 9.17) is 0 Å². The summed E-state index contributed by atoms with van der Waals surface area (Å²) in [5.41, 5.74) is 2.67. The van der Waals surface area contributed by atoms with Gasteiger partial charge in [0.05, 0.1) is 17.5 Å². The van der Waals surface area contributed by atoms with E-state index in [1.54, 1.807) is 0 Å². The smallest absolute Gasteiger partial charge is 0.275 e. The summed E-state index contributed by atoms with van der Waals surface area (Å²) >= 11 is 0. The van der Waals surface area contributed by atoms with Crippen LogP contribution in [0, 0.1) is 5.92 Å². The van der Waals surface area contributed by atoms with Crippen LogP contribution in [0.2, 0.25) is 0 Å². The van der Waals surface area contributed by atoms with Crippen molar-refractivity contribution in [2.24, 2.45) is 5.92 Å². The van der Waals surface area contributed by atoms with Crippen LogP contribution in [-0.4, -0.2) is 77.5 Å². The van der Waals surface area contributed by atoms with Gasteiger partial charge in [-0.3, -0.25) is 14.8 Å². The second kappa shape index (κ2) is 6.05. The number of aromatic amines is 1. The van der Waals surface area contributed by atoms with Crippen molar-refractivity contribution in [3.63, 3.8) is 0 Å². The molecule has 26 heavy (non-hydrogen) atoms. The summed E-state index contributed by atoms with van der Waals surface area (Å²) in [5, 5.41) is 7.36. The van der Waals surface area contributed by atoms with Crippen molar-refractivity contribution in [3.8, 4) is 0 Å². The minimum absolute atomic E-state index is 0.0481. The van der Waals surface area contributed by atoms with Crippen molar-refractivity contribution in [3.05, 3.63) is 17.0 Å². The molecule has 142 valence electrons. The number of rotatable bonds is 3. The highest BCUT2D eigenvalue weighted by molar-refractivity contribution is 7.91. The number of hydrogen-bond donors (Lipinski definition) is 1. The number of aryl methyl sites for hydroxylation is 1. The Morgan fingerprint density at radius 2 is 1.88 bits per heavy atom. The highest BCUT2D eigenvalue weighted by Crippen LogP contribution is 2.35. The number of sulfone groups is 1. The lowest BCUT2D eigenvalue weighted by Crippen LogP contribution is -2.61. The lowest BCUT2D eigenvalue weighted by molar-refractivity contribution is 0.0312. The molecule has 1 amide bonds. The van der Waals surface area contributed by atoms with Gasteiger partial charge in [-0.05, 0) is 44.4 Å². The number of carbonyl (C=O) groups excluding carboxylic acids is 1. The Labute approximate surface area is 154 Å². The molecule has 1 aromatic rings. The summed E-state index contributed by atoms with van der Waals surface area (Å²) in [5.74, 6) is 0.923. The van der Waals surface area contributed by atoms with Crippen LogP contribution in [0.3, 0.4) is 0 Å². The maximum Gasteiger partial charge on any atom is 0.275 e. The van der Waals surface area contributed by atoms with Gasteiger partial charge in [0.15, 0.2) is 15.5 Å². The van der Waals surface area contributed by atoms with Crippen molar-refractivity contribution < 1.29 is 13.2 Å². The first-order valence-corrected chi connectivity index (χ1v) is 11.7. The van der Waals surface area contributed by atoms with Crippen LogP contribution < -0.4 is 0 Å². The Balaban J connectivity index is 1.42. The van der Waals surface area contributed by atoms with Gasteiger partial charge in [0.2, 0.25) is 0 Å². The molecule has 5 rings (SSSR count). The molecule has 8 heteroatoms. The molecule has 2 saturated heterocycles. The molecular weight excluding hydrogens is 352 g/mol. The lowest BCUT2D eigenvalue weighted by Gasteiger charge is -2.43. The van der Waals surface area contributed by atoms with Crippen LogP contribution in [0.4, 0.5) is 0 Å². The first kappa shape index (κ1) is 16.7. The van der Waals surface area contributed by atoms with Crippen molar-refractivity contribution in [2.45, 2.75) is 50.6 Å². The van der Waals surface area contributed by atoms with Crippen LogP contribution in [0.5, 0.6) is 0 Å². The lowest BCUT2D eigenvalue weighted by atomic mass is 9.95. The Kier molecular flexibility index (Phi) is 3.90. The van der Waals surface area contributed by atoms with Crippen LogP contribution in [0.1, 0.15) is 47.4 Å². The molecule has 3 fully saturated rings. The van der Waals surface area contributed by atoms with Gasteiger partial charge in [-0.25, -0.2) is 8.42 Å². The van der Waals surface area contributed by atoms with E-state index in [0.717, 1.165) is 55.9 Å². The van der Waals surface area contributed by atoms with Gasteiger partial charge >= 0.3 is 0 Å². The Morgan fingerprint density at radius 1 is 1.12 bits per heavy atom. The molecule has 1 N–H and O–H groups in total. The Hall–Kier alpha value is -1.41. The van der Waals surface area contributed by atoms with E-state index in [1.807, 2.05) is 4.90 Å². The topological polar surface area (TPSA) is 86.4 Å². The molecule has 2 aliphatic heterocycles. The molecule has 0 aromatic carbocycles. The summed E-state index contributed by atoms with van der Waals surface area (Å²) < 4.78 is 24.7. The van der Waals surface area contributed by atoms with Gasteiger partial charge in [0.1, 0.15) is 0 Å². The quantitative estimate of drug-likeness (QED) is 0.833. The number of nitrogens with one attached hydrogen (secondary N) is 1. The third kappa shape index (κ3) is 2.87. The van der Waals surface area contributed by atoms with Gasteiger partial charge in [-0.15, -0.1) is 0 Å². The summed E-state index contributed by atoms with van der Waals surface area (Å²) in [6, 6.07) is -0.274. The number of nitrogens with zero attached hydrogens (tertiary/aromatic N) is 3. The molecule has 4 aliphatic rings. The predicted octanol–water partition coefficient (Wildman–Crippen LogP) is 0.622. The van der Waals surface area contributed by atoms with Crippen molar-refractivity contribution in [2.75, 3.05) is 31.1 Å². The minimum Gasteiger partial charge on any atom is -0.330 e. The normalized spacial score (nSPS) is 30.8. The maximum absolute atomic E-state index is 13.3. The highest BCUT2D eigenvalue weighted by Gasteiger charge is 2.49. The SMILES string of the molecule is O=C(c1n[nH]c2c1CCCC2)N1CCN(CC2CC2)[C@@H]2CS(=O)(=O)C[C@@H]21. The fourth-order valence-corrected chi connectivity index (χ4v) is 6.94. The zero-order valence-electron chi connectivity index (χ0n) is 15.0. The molecule has 0 spiro atoms. The van der Waals surface area contributed by atoms with E-state index in [1.165, 1.54) is 12.8 Å².